The third-order valence-electron chi connectivity index (χ3n) is 5.48. The van der Waals surface area contributed by atoms with Crippen LogP contribution >= 0.6 is 12.4 Å². The molecule has 0 aliphatic carbocycles. The Morgan fingerprint density at radius 3 is 2.25 bits per heavy atom. The highest BCUT2D eigenvalue weighted by molar-refractivity contribution is 7.89. The van der Waals surface area contributed by atoms with Gasteiger partial charge in [-0.05, 0) is 55.4 Å². The average Bonchev–Trinajstić information content (AvgIpc) is 2.65. The molecule has 1 aromatic carbocycles. The van der Waals surface area contributed by atoms with Crippen molar-refractivity contribution in [2.45, 2.75) is 51.0 Å². The van der Waals surface area contributed by atoms with E-state index in [2.05, 4.69) is 20.8 Å². The molecule has 1 amide bonds. The van der Waals surface area contributed by atoms with Gasteiger partial charge in [0.2, 0.25) is 10.0 Å². The molecule has 28 heavy (non-hydrogen) atoms. The molecule has 0 spiro atoms. The van der Waals surface area contributed by atoms with Gasteiger partial charge in [-0.2, -0.15) is 4.31 Å². The standard InChI is InChI=1S/C20H33N3O3S.ClH/c1-15(2)19(21)11-12-22(4)20(24)17-5-7-18(8-6-17)27(25,26)23-13-9-16(3)10-14-23;/h5-8,15-16,19H,9-14,21H2,1-4H3;1H. The van der Waals surface area contributed by atoms with Crippen LogP contribution in [0.15, 0.2) is 29.2 Å². The van der Waals surface area contributed by atoms with Gasteiger partial charge in [-0.25, -0.2) is 8.42 Å². The molecule has 0 bridgehead atoms. The highest BCUT2D eigenvalue weighted by atomic mass is 35.5. The van der Waals surface area contributed by atoms with E-state index in [9.17, 15) is 13.2 Å². The summed E-state index contributed by atoms with van der Waals surface area (Å²) in [5.41, 5.74) is 6.53. The maximum Gasteiger partial charge on any atom is 0.253 e. The molecule has 1 atom stereocenters. The van der Waals surface area contributed by atoms with Gasteiger partial charge >= 0.3 is 0 Å². The van der Waals surface area contributed by atoms with E-state index in [4.69, 9.17) is 5.73 Å². The lowest BCUT2D eigenvalue weighted by molar-refractivity contribution is 0.0789. The van der Waals surface area contributed by atoms with Crippen LogP contribution in [-0.4, -0.2) is 56.3 Å². The van der Waals surface area contributed by atoms with Gasteiger partial charge in [0, 0.05) is 38.3 Å². The summed E-state index contributed by atoms with van der Waals surface area (Å²) >= 11 is 0. The number of nitrogens with zero attached hydrogens (tertiary/aromatic N) is 2. The second kappa shape index (κ2) is 10.6. The van der Waals surface area contributed by atoms with E-state index in [-0.39, 0.29) is 29.3 Å². The molecule has 8 heteroatoms. The molecule has 0 radical (unpaired) electrons. The van der Waals surface area contributed by atoms with Crippen molar-refractivity contribution < 1.29 is 13.2 Å². The Hall–Kier alpha value is -1.15. The van der Waals surface area contributed by atoms with Crippen LogP contribution in [0.25, 0.3) is 0 Å². The summed E-state index contributed by atoms with van der Waals surface area (Å²) in [5.74, 6) is 0.813. The Labute approximate surface area is 175 Å². The lowest BCUT2D eigenvalue weighted by Crippen LogP contribution is -2.37. The molecule has 1 fully saturated rings. The third kappa shape index (κ3) is 6.17. The summed E-state index contributed by atoms with van der Waals surface area (Å²) in [7, 11) is -1.74. The van der Waals surface area contributed by atoms with Crippen molar-refractivity contribution in [3.05, 3.63) is 29.8 Å². The van der Waals surface area contributed by atoms with Gasteiger partial charge in [-0.3, -0.25) is 4.79 Å². The molecule has 0 aromatic heterocycles. The van der Waals surface area contributed by atoms with E-state index in [1.165, 1.54) is 12.1 Å². The van der Waals surface area contributed by atoms with Gasteiger partial charge in [0.05, 0.1) is 4.90 Å². The summed E-state index contributed by atoms with van der Waals surface area (Å²) in [6.45, 7) is 7.97. The van der Waals surface area contributed by atoms with Crippen LogP contribution in [-0.2, 0) is 10.0 Å². The van der Waals surface area contributed by atoms with Crippen LogP contribution in [0.5, 0.6) is 0 Å². The van der Waals surface area contributed by atoms with Gasteiger partial charge in [0.25, 0.3) is 5.91 Å². The van der Waals surface area contributed by atoms with Gasteiger partial charge in [-0.15, -0.1) is 12.4 Å². The summed E-state index contributed by atoms with van der Waals surface area (Å²) < 4.78 is 27.1. The van der Waals surface area contributed by atoms with Crippen molar-refractivity contribution in [1.82, 2.24) is 9.21 Å². The molecule has 1 aliphatic heterocycles. The second-order valence-electron chi connectivity index (χ2n) is 8.03. The van der Waals surface area contributed by atoms with Crippen molar-refractivity contribution in [2.24, 2.45) is 17.6 Å². The Kier molecular flexibility index (Phi) is 9.40. The zero-order valence-corrected chi connectivity index (χ0v) is 18.9. The van der Waals surface area contributed by atoms with Gasteiger partial charge in [-0.1, -0.05) is 20.8 Å². The molecule has 1 aliphatic rings. The summed E-state index contributed by atoms with van der Waals surface area (Å²) in [6, 6.07) is 6.32. The van der Waals surface area contributed by atoms with E-state index < -0.39 is 10.0 Å². The lowest BCUT2D eigenvalue weighted by atomic mass is 10.0. The number of benzene rings is 1. The van der Waals surface area contributed by atoms with Crippen molar-refractivity contribution in [1.29, 1.82) is 0 Å². The first-order valence-corrected chi connectivity index (χ1v) is 11.2. The average molecular weight is 432 g/mol. The zero-order chi connectivity index (χ0) is 20.2. The fourth-order valence-corrected chi connectivity index (χ4v) is 4.61. The van der Waals surface area contributed by atoms with E-state index in [1.54, 1.807) is 28.4 Å². The normalized spacial score (nSPS) is 17.2. The zero-order valence-electron chi connectivity index (χ0n) is 17.3. The van der Waals surface area contributed by atoms with Crippen molar-refractivity contribution in [2.75, 3.05) is 26.7 Å². The molecule has 1 saturated heterocycles. The molecule has 0 saturated carbocycles. The van der Waals surface area contributed by atoms with E-state index in [1.807, 2.05) is 0 Å². The predicted octanol–water partition coefficient (Wildman–Crippen LogP) is 2.97. The maximum atomic E-state index is 12.8. The molecule has 1 heterocycles. The number of hydrogen-bond acceptors (Lipinski definition) is 4. The minimum absolute atomic E-state index is 0. The summed E-state index contributed by atoms with van der Waals surface area (Å²) in [4.78, 5) is 14.4. The smallest absolute Gasteiger partial charge is 0.253 e. The Morgan fingerprint density at radius 2 is 1.75 bits per heavy atom. The minimum Gasteiger partial charge on any atom is -0.342 e. The van der Waals surface area contributed by atoms with Crippen LogP contribution in [0, 0.1) is 11.8 Å². The van der Waals surface area contributed by atoms with Gasteiger partial charge in [0.15, 0.2) is 0 Å². The van der Waals surface area contributed by atoms with Gasteiger partial charge in [0.1, 0.15) is 0 Å². The van der Waals surface area contributed by atoms with Crippen LogP contribution in [0.1, 0.15) is 50.4 Å². The molecule has 160 valence electrons. The largest absolute Gasteiger partial charge is 0.342 e. The number of carbonyl (C=O) groups is 1. The maximum absolute atomic E-state index is 12.8. The minimum atomic E-state index is -3.49. The number of halogens is 1. The van der Waals surface area contributed by atoms with Crippen LogP contribution in [0.3, 0.4) is 0 Å². The SMILES string of the molecule is CC1CCN(S(=O)(=O)c2ccc(C(=O)N(C)CCC(N)C(C)C)cc2)CC1.Cl. The molecule has 6 nitrogen and oxygen atoms in total. The first-order valence-electron chi connectivity index (χ1n) is 9.74. The summed E-state index contributed by atoms with van der Waals surface area (Å²) in [5, 5.41) is 0. The number of rotatable bonds is 7. The molecule has 1 unspecified atom stereocenters. The fraction of sp³-hybridized carbons (Fsp3) is 0.650. The van der Waals surface area contributed by atoms with E-state index in [0.717, 1.165) is 19.3 Å². The van der Waals surface area contributed by atoms with E-state index in [0.29, 0.717) is 37.0 Å². The Balaban J connectivity index is 0.00000392. The molecule has 1 aromatic rings. The number of piperidine rings is 1. The first kappa shape index (κ1) is 24.9. The summed E-state index contributed by atoms with van der Waals surface area (Å²) in [6.07, 6.45) is 2.51. The second-order valence-corrected chi connectivity index (χ2v) is 9.97. The topological polar surface area (TPSA) is 83.7 Å². The first-order chi connectivity index (χ1) is 12.6. The highest BCUT2D eigenvalue weighted by Gasteiger charge is 2.28. The van der Waals surface area contributed by atoms with Crippen molar-refractivity contribution in [3.8, 4) is 0 Å². The van der Waals surface area contributed by atoms with Crippen molar-refractivity contribution >= 4 is 28.3 Å². The predicted molar refractivity (Wildman–Crippen MR) is 115 cm³/mol. The third-order valence-corrected chi connectivity index (χ3v) is 7.40. The Morgan fingerprint density at radius 1 is 1.21 bits per heavy atom. The number of sulfonamides is 1. The number of carbonyl (C=O) groups excluding carboxylic acids is 1. The number of nitrogens with two attached hydrogens (primary N) is 1. The molecular formula is C20H34ClN3O3S. The molecular weight excluding hydrogens is 398 g/mol. The quantitative estimate of drug-likeness (QED) is 0.719. The van der Waals surface area contributed by atoms with E-state index >= 15 is 0 Å². The van der Waals surface area contributed by atoms with Crippen LogP contribution in [0.2, 0.25) is 0 Å². The van der Waals surface area contributed by atoms with Crippen LogP contribution in [0.4, 0.5) is 0 Å². The van der Waals surface area contributed by atoms with Crippen LogP contribution < -0.4 is 5.73 Å². The lowest BCUT2D eigenvalue weighted by Gasteiger charge is -2.29. The fourth-order valence-electron chi connectivity index (χ4n) is 3.14. The number of amides is 1. The van der Waals surface area contributed by atoms with Gasteiger partial charge < -0.3 is 10.6 Å². The monoisotopic (exact) mass is 431 g/mol. The Bertz CT molecular complexity index is 730. The highest BCUT2D eigenvalue weighted by Crippen LogP contribution is 2.23. The molecule has 2 N–H and O–H groups in total. The van der Waals surface area contributed by atoms with Crippen molar-refractivity contribution in [3.63, 3.8) is 0 Å². The number of hydrogen-bond donors (Lipinski definition) is 1. The molecule has 2 rings (SSSR count).